The molecule has 3 heteroatoms. The second-order valence-corrected chi connectivity index (χ2v) is 3.60. The van der Waals surface area contributed by atoms with Crippen LogP contribution in [0.4, 0.5) is 0 Å². The van der Waals surface area contributed by atoms with Crippen LogP contribution >= 0.6 is 0 Å². The van der Waals surface area contributed by atoms with Gasteiger partial charge in [-0.05, 0) is 13.5 Å². The summed E-state index contributed by atoms with van der Waals surface area (Å²) in [5, 5.41) is 0. The molecule has 0 aromatic heterocycles. The van der Waals surface area contributed by atoms with Crippen molar-refractivity contribution in [1.82, 2.24) is 9.80 Å². The number of carbonyl (C=O) groups is 1. The van der Waals surface area contributed by atoms with Crippen molar-refractivity contribution in [2.24, 2.45) is 0 Å². The van der Waals surface area contributed by atoms with Crippen molar-refractivity contribution in [3.05, 3.63) is 0 Å². The van der Waals surface area contributed by atoms with Gasteiger partial charge in [0.2, 0.25) is 0 Å². The third-order valence-electron chi connectivity index (χ3n) is 2.94. The third-order valence-corrected chi connectivity index (χ3v) is 2.94. The summed E-state index contributed by atoms with van der Waals surface area (Å²) in [6, 6.07) is 1.38. The fraction of sp³-hybridized carbons (Fsp3) is 0.875. The van der Waals surface area contributed by atoms with E-state index in [1.54, 1.807) is 0 Å². The fourth-order valence-corrected chi connectivity index (χ4v) is 2.27. The number of likely N-dealkylation sites (N-methyl/N-ethyl adjacent to an activating group) is 1. The quantitative estimate of drug-likeness (QED) is 0.504. The molecule has 0 radical (unpaired) electrons. The van der Waals surface area contributed by atoms with Crippen LogP contribution in [0.5, 0.6) is 0 Å². The van der Waals surface area contributed by atoms with Crippen LogP contribution in [-0.2, 0) is 4.79 Å². The van der Waals surface area contributed by atoms with Crippen molar-refractivity contribution in [3.8, 4) is 0 Å². The molecule has 2 bridgehead atoms. The third kappa shape index (κ3) is 1.08. The molecule has 2 atom stereocenters. The lowest BCUT2D eigenvalue weighted by Gasteiger charge is -2.30. The summed E-state index contributed by atoms with van der Waals surface area (Å²) < 4.78 is 0. The van der Waals surface area contributed by atoms with Crippen LogP contribution in [-0.4, -0.2) is 54.9 Å². The van der Waals surface area contributed by atoms with Crippen LogP contribution in [0.25, 0.3) is 0 Å². The molecule has 2 rings (SSSR count). The predicted octanol–water partition coefficient (Wildman–Crippen LogP) is -0.426. The number of nitrogens with zero attached hydrogens (tertiary/aromatic N) is 2. The number of hydrogen-bond donors (Lipinski definition) is 0. The lowest BCUT2D eigenvalue weighted by Crippen LogP contribution is -2.44. The molecule has 0 aromatic rings. The maximum atomic E-state index is 10.3. The molecule has 0 saturated carbocycles. The zero-order valence-corrected chi connectivity index (χ0v) is 6.86. The Kier molecular flexibility index (Phi) is 1.69. The number of likely N-dealkylation sites (tertiary alicyclic amines) is 2. The standard InChI is InChI=1S/C8H14N2O/c1-9-5-8-4-7(9)6-10(8)2-3-11/h3,7-8H,2,4-6H2,1H3. The monoisotopic (exact) mass is 154 g/mol. The fourth-order valence-electron chi connectivity index (χ4n) is 2.27. The van der Waals surface area contributed by atoms with Crippen LogP contribution in [0, 0.1) is 0 Å². The Hall–Kier alpha value is -0.410. The van der Waals surface area contributed by atoms with Gasteiger partial charge in [-0.15, -0.1) is 0 Å². The highest BCUT2D eigenvalue weighted by atomic mass is 16.1. The predicted molar refractivity (Wildman–Crippen MR) is 42.5 cm³/mol. The molecule has 2 aliphatic heterocycles. The second kappa shape index (κ2) is 2.57. The molecular formula is C8H14N2O. The van der Waals surface area contributed by atoms with E-state index in [0.29, 0.717) is 12.6 Å². The average Bonchev–Trinajstić information content (AvgIpc) is 2.47. The molecule has 0 amide bonds. The van der Waals surface area contributed by atoms with Gasteiger partial charge in [0.1, 0.15) is 6.29 Å². The Morgan fingerprint density at radius 2 is 2.27 bits per heavy atom. The van der Waals surface area contributed by atoms with Crippen molar-refractivity contribution in [2.45, 2.75) is 18.5 Å². The largest absolute Gasteiger partial charge is 0.302 e. The number of carbonyl (C=O) groups excluding carboxylic acids is 1. The Labute approximate surface area is 67.0 Å². The Balaban J connectivity index is 1.97. The van der Waals surface area contributed by atoms with Gasteiger partial charge in [-0.2, -0.15) is 0 Å². The molecule has 2 saturated heterocycles. The van der Waals surface area contributed by atoms with Gasteiger partial charge in [-0.3, -0.25) is 4.90 Å². The first-order valence-electron chi connectivity index (χ1n) is 4.19. The topological polar surface area (TPSA) is 23.6 Å². The van der Waals surface area contributed by atoms with Crippen molar-refractivity contribution in [3.63, 3.8) is 0 Å². The van der Waals surface area contributed by atoms with Gasteiger partial charge in [0, 0.05) is 25.2 Å². The first-order valence-corrected chi connectivity index (χ1v) is 4.19. The van der Waals surface area contributed by atoms with E-state index in [4.69, 9.17) is 0 Å². The number of rotatable bonds is 2. The van der Waals surface area contributed by atoms with Crippen LogP contribution in [0.2, 0.25) is 0 Å². The Bertz CT molecular complexity index is 169. The Morgan fingerprint density at radius 3 is 2.73 bits per heavy atom. The van der Waals surface area contributed by atoms with Crippen molar-refractivity contribution < 1.29 is 4.79 Å². The SMILES string of the molecule is CN1CC2CC1CN2CC=O. The van der Waals surface area contributed by atoms with Crippen LogP contribution in [0.15, 0.2) is 0 Å². The molecule has 2 heterocycles. The number of fused-ring (bicyclic) bond motifs is 2. The van der Waals surface area contributed by atoms with Crippen LogP contribution in [0.1, 0.15) is 6.42 Å². The molecule has 2 unspecified atom stereocenters. The highest BCUT2D eigenvalue weighted by Crippen LogP contribution is 2.28. The van der Waals surface area contributed by atoms with Gasteiger partial charge >= 0.3 is 0 Å². The van der Waals surface area contributed by atoms with Crippen LogP contribution < -0.4 is 0 Å². The lowest BCUT2D eigenvalue weighted by molar-refractivity contribution is -0.109. The van der Waals surface area contributed by atoms with Gasteiger partial charge in [-0.1, -0.05) is 0 Å². The van der Waals surface area contributed by atoms with Gasteiger partial charge in [0.25, 0.3) is 0 Å². The van der Waals surface area contributed by atoms with Crippen LogP contribution in [0.3, 0.4) is 0 Å². The van der Waals surface area contributed by atoms with Crippen molar-refractivity contribution >= 4 is 6.29 Å². The maximum absolute atomic E-state index is 10.3. The molecule has 0 N–H and O–H groups in total. The summed E-state index contributed by atoms with van der Waals surface area (Å²) in [6.45, 7) is 2.88. The smallest absolute Gasteiger partial charge is 0.133 e. The molecular weight excluding hydrogens is 140 g/mol. The summed E-state index contributed by atoms with van der Waals surface area (Å²) in [5.41, 5.74) is 0. The first-order chi connectivity index (χ1) is 5.31. The summed E-state index contributed by atoms with van der Waals surface area (Å²) in [4.78, 5) is 14.9. The first kappa shape index (κ1) is 7.25. The second-order valence-electron chi connectivity index (χ2n) is 3.60. The lowest BCUT2D eigenvalue weighted by atomic mass is 10.2. The molecule has 62 valence electrons. The van der Waals surface area contributed by atoms with E-state index in [-0.39, 0.29) is 0 Å². The number of hydrogen-bond acceptors (Lipinski definition) is 3. The highest BCUT2D eigenvalue weighted by Gasteiger charge is 2.40. The highest BCUT2D eigenvalue weighted by molar-refractivity contribution is 5.52. The molecule has 0 aromatic carbocycles. The minimum absolute atomic E-state index is 0.634. The molecule has 11 heavy (non-hydrogen) atoms. The minimum Gasteiger partial charge on any atom is -0.302 e. The van der Waals surface area contributed by atoms with E-state index in [1.165, 1.54) is 6.42 Å². The van der Waals surface area contributed by atoms with E-state index in [9.17, 15) is 4.79 Å². The Morgan fingerprint density at radius 1 is 1.45 bits per heavy atom. The zero-order valence-electron chi connectivity index (χ0n) is 6.86. The normalized spacial score (nSPS) is 38.3. The molecule has 0 spiro atoms. The summed E-state index contributed by atoms with van der Waals surface area (Å²) in [6.07, 6.45) is 2.28. The average molecular weight is 154 g/mol. The van der Waals surface area contributed by atoms with E-state index >= 15 is 0 Å². The molecule has 2 fully saturated rings. The van der Waals surface area contributed by atoms with Crippen molar-refractivity contribution in [2.75, 3.05) is 26.7 Å². The van der Waals surface area contributed by atoms with Crippen molar-refractivity contribution in [1.29, 1.82) is 0 Å². The van der Waals surface area contributed by atoms with Gasteiger partial charge in [-0.25, -0.2) is 0 Å². The number of piperazine rings is 1. The van der Waals surface area contributed by atoms with Gasteiger partial charge in [0.05, 0.1) is 6.54 Å². The zero-order chi connectivity index (χ0) is 7.84. The summed E-state index contributed by atoms with van der Waals surface area (Å²) in [7, 11) is 2.17. The van der Waals surface area contributed by atoms with Gasteiger partial charge < -0.3 is 9.69 Å². The molecule has 3 nitrogen and oxygen atoms in total. The molecule has 2 aliphatic rings. The summed E-state index contributed by atoms with van der Waals surface area (Å²) >= 11 is 0. The van der Waals surface area contributed by atoms with E-state index < -0.39 is 0 Å². The van der Waals surface area contributed by atoms with E-state index in [1.807, 2.05) is 0 Å². The van der Waals surface area contributed by atoms with E-state index in [2.05, 4.69) is 16.8 Å². The number of aldehydes is 1. The van der Waals surface area contributed by atoms with Gasteiger partial charge in [0.15, 0.2) is 0 Å². The summed E-state index contributed by atoms with van der Waals surface area (Å²) in [5.74, 6) is 0. The van der Waals surface area contributed by atoms with E-state index in [0.717, 1.165) is 25.4 Å². The molecule has 0 aliphatic carbocycles. The minimum atomic E-state index is 0.634. The maximum Gasteiger partial charge on any atom is 0.133 e.